The number of aromatic nitrogens is 2. The summed E-state index contributed by atoms with van der Waals surface area (Å²) in [5.41, 5.74) is 4.25. The van der Waals surface area contributed by atoms with E-state index in [4.69, 9.17) is 17.0 Å². The number of thiocarbonyl (C=S) groups is 1. The molecule has 0 saturated carbocycles. The van der Waals surface area contributed by atoms with Gasteiger partial charge in [-0.2, -0.15) is 0 Å². The van der Waals surface area contributed by atoms with Crippen LogP contribution in [0.3, 0.4) is 0 Å². The summed E-state index contributed by atoms with van der Waals surface area (Å²) < 4.78 is 7.01. The van der Waals surface area contributed by atoms with Gasteiger partial charge in [0.15, 0.2) is 5.11 Å². The summed E-state index contributed by atoms with van der Waals surface area (Å²) in [6.07, 6.45) is 4.88. The van der Waals surface area contributed by atoms with Gasteiger partial charge in [0.25, 0.3) is 0 Å². The van der Waals surface area contributed by atoms with E-state index in [0.717, 1.165) is 22.8 Å². The van der Waals surface area contributed by atoms with Crippen molar-refractivity contribution in [3.8, 4) is 5.69 Å². The predicted molar refractivity (Wildman–Crippen MR) is 134 cm³/mol. The van der Waals surface area contributed by atoms with Crippen LogP contribution in [0.25, 0.3) is 5.69 Å². The predicted octanol–water partition coefficient (Wildman–Crippen LogP) is 3.86. The Labute approximate surface area is 200 Å². The standard InChI is InChI=1S/C25H29N5O2S/c1-28(2)18-11-13-19(14-12-18)29-16-6-9-21(29)24-23(20-8-4-5-15-26-20)27-25(33)30(24)17-7-10-22(31)32-3/h4-6,8-9,11-16,23-24H,7,10,17H2,1-3H3,(H,27,33)/t23-,24+/m0/s1. The molecule has 2 aromatic heterocycles. The zero-order valence-electron chi connectivity index (χ0n) is 19.1. The van der Waals surface area contributed by atoms with Crippen LogP contribution in [0.2, 0.25) is 0 Å². The van der Waals surface area contributed by atoms with Crippen molar-refractivity contribution >= 4 is 29.0 Å². The average Bonchev–Trinajstić information content (AvgIpc) is 3.44. The zero-order valence-corrected chi connectivity index (χ0v) is 20.0. The number of pyridine rings is 1. The number of hydrogen-bond donors (Lipinski definition) is 1. The van der Waals surface area contributed by atoms with Crippen molar-refractivity contribution in [2.45, 2.75) is 24.9 Å². The number of hydrogen-bond acceptors (Lipinski definition) is 5. The van der Waals surface area contributed by atoms with Gasteiger partial charge in [0.1, 0.15) is 0 Å². The van der Waals surface area contributed by atoms with Gasteiger partial charge < -0.3 is 24.4 Å². The quantitative estimate of drug-likeness (QED) is 0.402. The second-order valence-electron chi connectivity index (χ2n) is 8.21. The first-order chi connectivity index (χ1) is 16.0. The third-order valence-electron chi connectivity index (χ3n) is 5.93. The summed E-state index contributed by atoms with van der Waals surface area (Å²) in [7, 11) is 5.48. The maximum atomic E-state index is 11.7. The summed E-state index contributed by atoms with van der Waals surface area (Å²) in [4.78, 5) is 20.5. The number of carbonyl (C=O) groups excluding carboxylic acids is 1. The number of anilines is 1. The normalized spacial score (nSPS) is 17.7. The molecule has 0 spiro atoms. The van der Waals surface area contributed by atoms with E-state index in [-0.39, 0.29) is 18.1 Å². The SMILES string of the molecule is COC(=O)CCCN1C(=S)N[C@@H](c2ccccn2)[C@H]1c1cccn1-c1ccc(N(C)C)cc1. The van der Waals surface area contributed by atoms with Crippen molar-refractivity contribution in [3.63, 3.8) is 0 Å². The molecule has 0 bridgehead atoms. The van der Waals surface area contributed by atoms with E-state index in [2.05, 4.69) is 67.3 Å². The van der Waals surface area contributed by atoms with E-state index in [0.29, 0.717) is 24.5 Å². The molecule has 0 aliphatic carbocycles. The monoisotopic (exact) mass is 463 g/mol. The van der Waals surface area contributed by atoms with Gasteiger partial charge in [0.2, 0.25) is 0 Å². The Morgan fingerprint density at radius 1 is 1.15 bits per heavy atom. The fourth-order valence-electron chi connectivity index (χ4n) is 4.25. The summed E-state index contributed by atoms with van der Waals surface area (Å²) in [5.74, 6) is -0.213. The van der Waals surface area contributed by atoms with Crippen LogP contribution in [0, 0.1) is 0 Å². The first-order valence-corrected chi connectivity index (χ1v) is 11.4. The molecule has 1 fully saturated rings. The van der Waals surface area contributed by atoms with Gasteiger partial charge in [-0.05, 0) is 67.2 Å². The van der Waals surface area contributed by atoms with E-state index >= 15 is 0 Å². The highest BCUT2D eigenvalue weighted by Gasteiger charge is 2.41. The van der Waals surface area contributed by atoms with Gasteiger partial charge >= 0.3 is 5.97 Å². The van der Waals surface area contributed by atoms with Crippen molar-refractivity contribution in [1.29, 1.82) is 0 Å². The Morgan fingerprint density at radius 3 is 2.61 bits per heavy atom. The largest absolute Gasteiger partial charge is 0.469 e. The van der Waals surface area contributed by atoms with Crippen LogP contribution in [-0.4, -0.2) is 53.3 Å². The molecule has 0 unspecified atom stereocenters. The van der Waals surface area contributed by atoms with Crippen molar-refractivity contribution in [1.82, 2.24) is 19.8 Å². The lowest BCUT2D eigenvalue weighted by atomic mass is 10.0. The molecular weight excluding hydrogens is 434 g/mol. The third-order valence-corrected chi connectivity index (χ3v) is 6.29. The zero-order chi connectivity index (χ0) is 23.4. The molecule has 1 aliphatic rings. The maximum absolute atomic E-state index is 11.7. The van der Waals surface area contributed by atoms with Gasteiger partial charge in [0, 0.05) is 56.5 Å². The van der Waals surface area contributed by atoms with Crippen molar-refractivity contribution < 1.29 is 9.53 Å². The number of esters is 1. The molecule has 1 aromatic carbocycles. The summed E-state index contributed by atoms with van der Waals surface area (Å²) in [5, 5.41) is 4.14. The Balaban J connectivity index is 1.70. The van der Waals surface area contributed by atoms with Gasteiger partial charge in [0.05, 0.1) is 24.9 Å². The van der Waals surface area contributed by atoms with E-state index in [1.807, 2.05) is 32.3 Å². The Kier molecular flexibility index (Phi) is 6.93. The third kappa shape index (κ3) is 4.85. The fourth-order valence-corrected chi connectivity index (χ4v) is 4.58. The molecule has 1 N–H and O–H groups in total. The molecule has 33 heavy (non-hydrogen) atoms. The van der Waals surface area contributed by atoms with E-state index in [9.17, 15) is 4.79 Å². The lowest BCUT2D eigenvalue weighted by Crippen LogP contribution is -2.31. The van der Waals surface area contributed by atoms with Gasteiger partial charge in [-0.3, -0.25) is 9.78 Å². The van der Waals surface area contributed by atoms with E-state index < -0.39 is 0 Å². The minimum absolute atomic E-state index is 0.0754. The van der Waals surface area contributed by atoms with Crippen LogP contribution in [0.5, 0.6) is 0 Å². The molecule has 1 saturated heterocycles. The Hall–Kier alpha value is -3.39. The summed E-state index contributed by atoms with van der Waals surface area (Å²) >= 11 is 5.74. The molecular formula is C25H29N5O2S. The minimum Gasteiger partial charge on any atom is -0.469 e. The summed E-state index contributed by atoms with van der Waals surface area (Å²) in [6, 6.07) is 18.4. The molecule has 3 aromatic rings. The Morgan fingerprint density at radius 2 is 1.94 bits per heavy atom. The number of rotatable bonds is 8. The molecule has 1 aliphatic heterocycles. The highest BCUT2D eigenvalue weighted by molar-refractivity contribution is 7.80. The van der Waals surface area contributed by atoms with E-state index in [1.54, 1.807) is 6.20 Å². The smallest absolute Gasteiger partial charge is 0.305 e. The maximum Gasteiger partial charge on any atom is 0.305 e. The number of nitrogens with one attached hydrogen (secondary N) is 1. The number of nitrogens with zero attached hydrogens (tertiary/aromatic N) is 4. The molecule has 4 rings (SSSR count). The molecule has 172 valence electrons. The number of carbonyl (C=O) groups is 1. The lowest BCUT2D eigenvalue weighted by molar-refractivity contribution is -0.140. The highest BCUT2D eigenvalue weighted by atomic mass is 32.1. The first kappa shape index (κ1) is 22.8. The minimum atomic E-state index is -0.213. The molecule has 2 atom stereocenters. The van der Waals surface area contributed by atoms with Crippen LogP contribution in [0.15, 0.2) is 67.0 Å². The number of methoxy groups -OCH3 is 1. The second-order valence-corrected chi connectivity index (χ2v) is 8.60. The molecule has 3 heterocycles. The van der Waals surface area contributed by atoms with Gasteiger partial charge in [-0.1, -0.05) is 6.07 Å². The van der Waals surface area contributed by atoms with E-state index in [1.165, 1.54) is 7.11 Å². The Bertz CT molecular complexity index is 1100. The van der Waals surface area contributed by atoms with Gasteiger partial charge in [-0.15, -0.1) is 0 Å². The first-order valence-electron chi connectivity index (χ1n) is 11.0. The number of benzene rings is 1. The highest BCUT2D eigenvalue weighted by Crippen LogP contribution is 2.39. The van der Waals surface area contributed by atoms with Crippen molar-refractivity contribution in [2.24, 2.45) is 0 Å². The topological polar surface area (TPSA) is 62.6 Å². The van der Waals surface area contributed by atoms with Crippen LogP contribution in [0.1, 0.15) is 36.3 Å². The van der Waals surface area contributed by atoms with Crippen molar-refractivity contribution in [2.75, 3.05) is 32.6 Å². The molecule has 0 amide bonds. The van der Waals surface area contributed by atoms with Gasteiger partial charge in [-0.25, -0.2) is 0 Å². The molecule has 8 heteroatoms. The average molecular weight is 464 g/mol. The van der Waals surface area contributed by atoms with Crippen LogP contribution in [0.4, 0.5) is 5.69 Å². The molecule has 0 radical (unpaired) electrons. The second kappa shape index (κ2) is 10.0. The fraction of sp³-hybridized carbons (Fsp3) is 0.320. The number of ether oxygens (including phenoxy) is 1. The van der Waals surface area contributed by atoms with Crippen LogP contribution >= 0.6 is 12.2 Å². The van der Waals surface area contributed by atoms with Crippen LogP contribution in [-0.2, 0) is 9.53 Å². The lowest BCUT2D eigenvalue weighted by Gasteiger charge is -2.29. The molecule has 7 nitrogen and oxygen atoms in total. The van der Waals surface area contributed by atoms with Crippen LogP contribution < -0.4 is 10.2 Å². The summed E-state index contributed by atoms with van der Waals surface area (Å²) in [6.45, 7) is 0.639. The van der Waals surface area contributed by atoms with Crippen molar-refractivity contribution in [3.05, 3.63) is 78.4 Å².